The molecule has 1 rings (SSSR count). The zero-order valence-electron chi connectivity index (χ0n) is 11.2. The third-order valence-electron chi connectivity index (χ3n) is 2.70. The maximum Gasteiger partial charge on any atom is 0.0595 e. The standard InChI is InChI=1S/C14H19Cl2NO.ClH/c1-10(2)8-12(17-18)5-3-4-11-6-7-13(15)14(16)9-11;/h6-7,9-10,18H,3-5,8H2,1-2H3;1H. The van der Waals surface area contributed by atoms with Gasteiger partial charge < -0.3 is 5.21 Å². The summed E-state index contributed by atoms with van der Waals surface area (Å²) >= 11 is 11.8. The van der Waals surface area contributed by atoms with Crippen molar-refractivity contribution >= 4 is 41.3 Å². The minimum Gasteiger partial charge on any atom is -0.411 e. The maximum absolute atomic E-state index is 8.90. The minimum absolute atomic E-state index is 0. The van der Waals surface area contributed by atoms with Crippen LogP contribution in [0, 0.1) is 5.92 Å². The minimum atomic E-state index is 0. The predicted octanol–water partition coefficient (Wildman–Crippen LogP) is 5.61. The normalized spacial score (nSPS) is 11.5. The highest BCUT2D eigenvalue weighted by molar-refractivity contribution is 6.42. The highest BCUT2D eigenvalue weighted by Gasteiger charge is 2.05. The van der Waals surface area contributed by atoms with Crippen LogP contribution in [0.2, 0.25) is 10.0 Å². The molecule has 2 nitrogen and oxygen atoms in total. The lowest BCUT2D eigenvalue weighted by atomic mass is 10.0. The Labute approximate surface area is 131 Å². The van der Waals surface area contributed by atoms with E-state index in [-0.39, 0.29) is 12.4 Å². The van der Waals surface area contributed by atoms with Crippen LogP contribution in [0.25, 0.3) is 0 Å². The molecular weight excluding hydrogens is 305 g/mol. The van der Waals surface area contributed by atoms with Gasteiger partial charge in [-0.25, -0.2) is 0 Å². The van der Waals surface area contributed by atoms with Crippen LogP contribution in [0.15, 0.2) is 23.4 Å². The molecule has 0 aliphatic carbocycles. The average molecular weight is 325 g/mol. The molecule has 0 aliphatic heterocycles. The lowest BCUT2D eigenvalue weighted by Gasteiger charge is -2.07. The largest absolute Gasteiger partial charge is 0.411 e. The molecule has 0 atom stereocenters. The molecule has 0 aromatic heterocycles. The van der Waals surface area contributed by atoms with E-state index in [4.69, 9.17) is 28.4 Å². The van der Waals surface area contributed by atoms with E-state index in [0.717, 1.165) is 37.0 Å². The number of oxime groups is 1. The van der Waals surface area contributed by atoms with Crippen molar-refractivity contribution in [1.82, 2.24) is 0 Å². The van der Waals surface area contributed by atoms with E-state index >= 15 is 0 Å². The fourth-order valence-electron chi connectivity index (χ4n) is 1.86. The van der Waals surface area contributed by atoms with Gasteiger partial charge in [0.1, 0.15) is 0 Å². The van der Waals surface area contributed by atoms with Crippen LogP contribution in [-0.2, 0) is 6.42 Å². The number of hydrogen-bond donors (Lipinski definition) is 1. The smallest absolute Gasteiger partial charge is 0.0595 e. The fourth-order valence-corrected chi connectivity index (χ4v) is 2.18. The van der Waals surface area contributed by atoms with Crippen LogP contribution in [-0.4, -0.2) is 10.9 Å². The van der Waals surface area contributed by atoms with Gasteiger partial charge in [0.15, 0.2) is 0 Å². The Balaban J connectivity index is 0.00000324. The summed E-state index contributed by atoms with van der Waals surface area (Å²) in [5.41, 5.74) is 2.02. The molecule has 0 saturated heterocycles. The lowest BCUT2D eigenvalue weighted by molar-refractivity contribution is 0.315. The predicted molar refractivity (Wildman–Crippen MR) is 85.3 cm³/mol. The van der Waals surface area contributed by atoms with Crippen molar-refractivity contribution in [3.8, 4) is 0 Å². The number of hydrogen-bond acceptors (Lipinski definition) is 2. The first-order valence-corrected chi connectivity index (χ1v) is 6.92. The van der Waals surface area contributed by atoms with Gasteiger partial charge >= 0.3 is 0 Å². The van der Waals surface area contributed by atoms with E-state index in [2.05, 4.69) is 19.0 Å². The van der Waals surface area contributed by atoms with Crippen LogP contribution in [0.4, 0.5) is 0 Å². The lowest BCUT2D eigenvalue weighted by Crippen LogP contribution is -2.04. The summed E-state index contributed by atoms with van der Waals surface area (Å²) < 4.78 is 0. The van der Waals surface area contributed by atoms with E-state index in [1.807, 2.05) is 18.2 Å². The summed E-state index contributed by atoms with van der Waals surface area (Å²) in [4.78, 5) is 0. The quantitative estimate of drug-likeness (QED) is 0.411. The highest BCUT2D eigenvalue weighted by atomic mass is 35.5. The van der Waals surface area contributed by atoms with E-state index in [9.17, 15) is 0 Å². The van der Waals surface area contributed by atoms with Gasteiger partial charge in [0, 0.05) is 0 Å². The molecular formula is C14H20Cl3NO. The summed E-state index contributed by atoms with van der Waals surface area (Å²) in [6, 6.07) is 5.68. The summed E-state index contributed by atoms with van der Waals surface area (Å²) in [5.74, 6) is 0.515. The second kappa shape index (κ2) is 9.46. The number of rotatable bonds is 6. The molecule has 0 unspecified atom stereocenters. The van der Waals surface area contributed by atoms with Crippen LogP contribution in [0.5, 0.6) is 0 Å². The summed E-state index contributed by atoms with van der Waals surface area (Å²) in [5, 5.41) is 13.4. The number of nitrogens with zero attached hydrogens (tertiary/aromatic N) is 1. The summed E-state index contributed by atoms with van der Waals surface area (Å²) in [6.45, 7) is 4.23. The molecule has 0 spiro atoms. The van der Waals surface area contributed by atoms with Gasteiger partial charge in [-0.1, -0.05) is 48.3 Å². The molecule has 1 aromatic rings. The Hall–Kier alpha value is -0.440. The molecule has 1 aromatic carbocycles. The third-order valence-corrected chi connectivity index (χ3v) is 3.44. The van der Waals surface area contributed by atoms with Gasteiger partial charge in [-0.15, -0.1) is 12.4 Å². The SMILES string of the molecule is CC(C)CC(CCCc1ccc(Cl)c(Cl)c1)=NO.Cl. The number of halogens is 3. The van der Waals surface area contributed by atoms with Crippen molar-refractivity contribution in [2.24, 2.45) is 11.1 Å². The molecule has 0 fully saturated rings. The molecule has 1 N–H and O–H groups in total. The maximum atomic E-state index is 8.90. The molecule has 0 heterocycles. The molecule has 0 saturated carbocycles. The topological polar surface area (TPSA) is 32.6 Å². The molecule has 19 heavy (non-hydrogen) atoms. The monoisotopic (exact) mass is 323 g/mol. The van der Waals surface area contributed by atoms with Gasteiger partial charge in [-0.05, 0) is 49.3 Å². The van der Waals surface area contributed by atoms with Crippen molar-refractivity contribution in [2.75, 3.05) is 0 Å². The highest BCUT2D eigenvalue weighted by Crippen LogP contribution is 2.23. The van der Waals surface area contributed by atoms with Crippen LogP contribution in [0.3, 0.4) is 0 Å². The zero-order chi connectivity index (χ0) is 13.5. The number of aryl methyl sites for hydroxylation is 1. The summed E-state index contributed by atoms with van der Waals surface area (Å²) in [7, 11) is 0. The first-order valence-electron chi connectivity index (χ1n) is 6.16. The van der Waals surface area contributed by atoms with Crippen molar-refractivity contribution in [3.05, 3.63) is 33.8 Å². The molecule has 5 heteroatoms. The van der Waals surface area contributed by atoms with E-state index < -0.39 is 0 Å². The van der Waals surface area contributed by atoms with E-state index in [1.165, 1.54) is 0 Å². The average Bonchev–Trinajstić information content (AvgIpc) is 2.32. The van der Waals surface area contributed by atoms with Gasteiger partial charge in [-0.3, -0.25) is 0 Å². The molecule has 0 radical (unpaired) electrons. The van der Waals surface area contributed by atoms with E-state index in [1.54, 1.807) is 0 Å². The summed E-state index contributed by atoms with van der Waals surface area (Å²) in [6.07, 6.45) is 3.52. The molecule has 108 valence electrons. The Bertz CT molecular complexity index is 419. The Morgan fingerprint density at radius 2 is 1.95 bits per heavy atom. The van der Waals surface area contributed by atoms with Gasteiger partial charge in [0.25, 0.3) is 0 Å². The van der Waals surface area contributed by atoms with Gasteiger partial charge in [-0.2, -0.15) is 0 Å². The first kappa shape index (κ1) is 18.6. The third kappa shape index (κ3) is 7.05. The second-order valence-corrected chi connectivity index (χ2v) is 5.68. The van der Waals surface area contributed by atoms with Crippen molar-refractivity contribution in [3.63, 3.8) is 0 Å². The van der Waals surface area contributed by atoms with Crippen LogP contribution in [0.1, 0.15) is 38.7 Å². The van der Waals surface area contributed by atoms with Crippen molar-refractivity contribution in [2.45, 2.75) is 39.5 Å². The van der Waals surface area contributed by atoms with Gasteiger partial charge in [0.2, 0.25) is 0 Å². The first-order chi connectivity index (χ1) is 8.52. The van der Waals surface area contributed by atoms with E-state index in [0.29, 0.717) is 16.0 Å². The molecule has 0 bridgehead atoms. The fraction of sp³-hybridized carbons (Fsp3) is 0.500. The van der Waals surface area contributed by atoms with Crippen LogP contribution < -0.4 is 0 Å². The Morgan fingerprint density at radius 1 is 1.26 bits per heavy atom. The van der Waals surface area contributed by atoms with Crippen LogP contribution >= 0.6 is 35.6 Å². The Morgan fingerprint density at radius 3 is 2.47 bits per heavy atom. The van der Waals surface area contributed by atoms with Crippen molar-refractivity contribution in [1.29, 1.82) is 0 Å². The van der Waals surface area contributed by atoms with Gasteiger partial charge in [0.05, 0.1) is 15.8 Å². The molecule has 0 amide bonds. The molecule has 0 aliphatic rings. The van der Waals surface area contributed by atoms with Crippen molar-refractivity contribution < 1.29 is 5.21 Å². The zero-order valence-corrected chi connectivity index (χ0v) is 13.5. The number of benzene rings is 1. The second-order valence-electron chi connectivity index (χ2n) is 4.87. The Kier molecular flexibility index (Phi) is 9.24.